The lowest BCUT2D eigenvalue weighted by atomic mass is 10.1. The van der Waals surface area contributed by atoms with Gasteiger partial charge in [0.1, 0.15) is 23.9 Å². The van der Waals surface area contributed by atoms with Crippen molar-refractivity contribution < 1.29 is 32.2 Å². The van der Waals surface area contributed by atoms with Gasteiger partial charge >= 0.3 is 5.97 Å². The fourth-order valence-electron chi connectivity index (χ4n) is 4.32. The third-order valence-electron chi connectivity index (χ3n) is 6.30. The van der Waals surface area contributed by atoms with Gasteiger partial charge in [-0.1, -0.05) is 18.2 Å². The molecule has 0 fully saturated rings. The van der Waals surface area contributed by atoms with E-state index in [2.05, 4.69) is 4.98 Å². The number of aromatic nitrogens is 1. The van der Waals surface area contributed by atoms with Gasteiger partial charge in [0.15, 0.2) is 0 Å². The first kappa shape index (κ1) is 25.3. The Hall–Kier alpha value is -4.31. The molecule has 38 heavy (non-hydrogen) atoms. The predicted octanol–water partition coefficient (Wildman–Crippen LogP) is 5.15. The van der Waals surface area contributed by atoms with Gasteiger partial charge in [0.05, 0.1) is 29.6 Å². The van der Waals surface area contributed by atoms with Crippen molar-refractivity contribution in [3.63, 3.8) is 0 Å². The first-order chi connectivity index (χ1) is 18.2. The number of rotatable bonds is 9. The molecule has 0 radical (unpaired) electrons. The summed E-state index contributed by atoms with van der Waals surface area (Å²) in [5.41, 5.74) is 2.61. The molecule has 0 aliphatic carbocycles. The Morgan fingerprint density at radius 2 is 1.92 bits per heavy atom. The molecular weight excluding hydrogens is 508 g/mol. The van der Waals surface area contributed by atoms with E-state index in [1.165, 1.54) is 22.5 Å². The maximum Gasteiger partial charge on any atom is 0.335 e. The summed E-state index contributed by atoms with van der Waals surface area (Å²) >= 11 is 0. The summed E-state index contributed by atoms with van der Waals surface area (Å²) in [6.45, 7) is 4.00. The lowest BCUT2D eigenvalue weighted by Crippen LogP contribution is -2.34. The van der Waals surface area contributed by atoms with E-state index < -0.39 is 22.0 Å². The van der Waals surface area contributed by atoms with Crippen LogP contribution in [0.3, 0.4) is 0 Å². The van der Waals surface area contributed by atoms with Crippen molar-refractivity contribution >= 4 is 21.7 Å². The molecule has 196 valence electrons. The zero-order chi connectivity index (χ0) is 26.9. The Morgan fingerprint density at radius 1 is 1.13 bits per heavy atom. The van der Waals surface area contributed by atoms with Gasteiger partial charge in [-0.2, -0.15) is 8.42 Å². The van der Waals surface area contributed by atoms with Gasteiger partial charge in [0.2, 0.25) is 5.09 Å². The number of fused-ring (bicyclic) bond motifs is 1. The molecule has 0 amide bonds. The zero-order valence-electron chi connectivity index (χ0n) is 20.8. The first-order valence-corrected chi connectivity index (χ1v) is 13.4. The van der Waals surface area contributed by atoms with Crippen molar-refractivity contribution in [1.82, 2.24) is 4.98 Å². The van der Waals surface area contributed by atoms with E-state index in [-0.39, 0.29) is 17.3 Å². The molecule has 1 aliphatic rings. The highest BCUT2D eigenvalue weighted by atomic mass is 32.2. The van der Waals surface area contributed by atoms with Crippen LogP contribution in [-0.2, 0) is 23.1 Å². The summed E-state index contributed by atoms with van der Waals surface area (Å²) in [4.78, 5) is 15.6. The molecule has 0 spiro atoms. The number of benzene rings is 2. The second-order valence-electron chi connectivity index (χ2n) is 8.91. The highest BCUT2D eigenvalue weighted by Gasteiger charge is 2.36. The van der Waals surface area contributed by atoms with Crippen LogP contribution in [0.15, 0.2) is 82.4 Å². The number of aryl methyl sites for hydroxylation is 1. The Balaban J connectivity index is 1.60. The van der Waals surface area contributed by atoms with Gasteiger partial charge in [-0.05, 0) is 67.4 Å². The van der Waals surface area contributed by atoms with Crippen LogP contribution in [0.4, 0.5) is 5.69 Å². The molecule has 10 heteroatoms. The SMILES string of the molecule is Cc1ccc(S(=O)(=O)N(c2cc3c(cc2OCc2ccc(C(=O)O)cc2)OCC3)C(C)c2ccccn2)o1. The minimum Gasteiger partial charge on any atom is -0.493 e. The summed E-state index contributed by atoms with van der Waals surface area (Å²) < 4.78 is 46.9. The highest BCUT2D eigenvalue weighted by Crippen LogP contribution is 2.44. The van der Waals surface area contributed by atoms with Crippen molar-refractivity contribution in [1.29, 1.82) is 0 Å². The summed E-state index contributed by atoms with van der Waals surface area (Å²) in [5, 5.41) is 8.98. The van der Waals surface area contributed by atoms with Crippen molar-refractivity contribution in [3.05, 3.63) is 101 Å². The first-order valence-electron chi connectivity index (χ1n) is 12.0. The largest absolute Gasteiger partial charge is 0.493 e. The Kier molecular flexibility index (Phi) is 6.81. The lowest BCUT2D eigenvalue weighted by molar-refractivity contribution is 0.0696. The molecule has 4 aromatic rings. The predicted molar refractivity (Wildman–Crippen MR) is 139 cm³/mol. The molecule has 1 N–H and O–H groups in total. The molecule has 2 aromatic carbocycles. The summed E-state index contributed by atoms with van der Waals surface area (Å²) in [5.74, 6) is 0.370. The lowest BCUT2D eigenvalue weighted by Gasteiger charge is -2.31. The van der Waals surface area contributed by atoms with E-state index >= 15 is 0 Å². The standard InChI is InChI=1S/C28H26N2O7S/c1-18-6-11-27(37-18)38(33,34)30(19(2)23-5-3-4-13-29-23)24-15-22-12-14-35-25(22)16-26(24)36-17-20-7-9-21(10-8-20)28(31)32/h3-11,13,15-16,19H,12,14,17H2,1-2H3,(H,31,32). The number of hydrogen-bond donors (Lipinski definition) is 1. The maximum atomic E-state index is 14.1. The molecule has 0 saturated carbocycles. The number of ether oxygens (including phenoxy) is 2. The molecule has 1 atom stereocenters. The maximum absolute atomic E-state index is 14.1. The summed E-state index contributed by atoms with van der Waals surface area (Å²) in [6.07, 6.45) is 2.24. The van der Waals surface area contributed by atoms with Gasteiger partial charge in [-0.15, -0.1) is 0 Å². The molecule has 2 aromatic heterocycles. The zero-order valence-corrected chi connectivity index (χ0v) is 21.6. The third-order valence-corrected chi connectivity index (χ3v) is 8.06. The van der Waals surface area contributed by atoms with E-state index in [1.54, 1.807) is 68.6 Å². The molecular formula is C28H26N2O7S. The Bertz CT molecular complexity index is 1560. The van der Waals surface area contributed by atoms with Crippen LogP contribution in [-0.4, -0.2) is 31.1 Å². The molecule has 0 saturated heterocycles. The van der Waals surface area contributed by atoms with Gasteiger partial charge in [0.25, 0.3) is 10.0 Å². The topological polar surface area (TPSA) is 119 Å². The van der Waals surface area contributed by atoms with Gasteiger partial charge in [-0.3, -0.25) is 9.29 Å². The smallest absolute Gasteiger partial charge is 0.335 e. The molecule has 1 aliphatic heterocycles. The summed E-state index contributed by atoms with van der Waals surface area (Å²) in [6, 6.07) is 17.4. The van der Waals surface area contributed by atoms with Crippen LogP contribution in [0.25, 0.3) is 0 Å². The second-order valence-corrected chi connectivity index (χ2v) is 10.7. The summed E-state index contributed by atoms with van der Waals surface area (Å²) in [7, 11) is -4.18. The van der Waals surface area contributed by atoms with Crippen LogP contribution in [0.2, 0.25) is 0 Å². The van der Waals surface area contributed by atoms with E-state index in [0.717, 1.165) is 11.1 Å². The van der Waals surface area contributed by atoms with E-state index in [4.69, 9.17) is 19.0 Å². The Morgan fingerprint density at radius 3 is 2.58 bits per heavy atom. The van der Waals surface area contributed by atoms with Crippen molar-refractivity contribution in [2.75, 3.05) is 10.9 Å². The van der Waals surface area contributed by atoms with Gasteiger partial charge in [0, 0.05) is 18.7 Å². The Labute approximate surface area is 220 Å². The minimum atomic E-state index is -4.18. The molecule has 9 nitrogen and oxygen atoms in total. The van der Waals surface area contributed by atoms with E-state index in [1.807, 2.05) is 0 Å². The number of nitrogens with zero attached hydrogens (tertiary/aromatic N) is 2. The van der Waals surface area contributed by atoms with Crippen LogP contribution in [0, 0.1) is 6.92 Å². The monoisotopic (exact) mass is 534 g/mol. The number of carboxylic acids is 1. The van der Waals surface area contributed by atoms with Crippen molar-refractivity contribution in [2.45, 2.75) is 38.0 Å². The quantitative estimate of drug-likeness (QED) is 0.313. The fourth-order valence-corrected chi connectivity index (χ4v) is 5.92. The molecule has 1 unspecified atom stereocenters. The van der Waals surface area contributed by atoms with Crippen LogP contribution >= 0.6 is 0 Å². The number of aromatic carboxylic acids is 1. The number of anilines is 1. The van der Waals surface area contributed by atoms with Gasteiger partial charge in [-0.25, -0.2) is 4.79 Å². The number of pyridine rings is 1. The number of sulfonamides is 1. The molecule has 3 heterocycles. The average molecular weight is 535 g/mol. The van der Waals surface area contributed by atoms with E-state index in [0.29, 0.717) is 41.7 Å². The highest BCUT2D eigenvalue weighted by molar-refractivity contribution is 7.92. The number of carbonyl (C=O) groups is 1. The number of furan rings is 1. The normalized spacial score (nSPS) is 13.4. The molecule has 0 bridgehead atoms. The number of hydrogen-bond acceptors (Lipinski definition) is 7. The van der Waals surface area contributed by atoms with Crippen LogP contribution in [0.5, 0.6) is 11.5 Å². The van der Waals surface area contributed by atoms with Crippen LogP contribution in [0.1, 0.15) is 45.9 Å². The van der Waals surface area contributed by atoms with Gasteiger partial charge < -0.3 is 19.0 Å². The van der Waals surface area contributed by atoms with Crippen molar-refractivity contribution in [2.24, 2.45) is 0 Å². The fraction of sp³-hybridized carbons (Fsp3) is 0.214. The third kappa shape index (κ3) is 4.95. The average Bonchev–Trinajstić information content (AvgIpc) is 3.57. The van der Waals surface area contributed by atoms with Crippen LogP contribution < -0.4 is 13.8 Å². The minimum absolute atomic E-state index is 0.0808. The second kappa shape index (κ2) is 10.2. The number of carboxylic acid groups (broad SMARTS) is 1. The van der Waals surface area contributed by atoms with Crippen molar-refractivity contribution in [3.8, 4) is 11.5 Å². The molecule has 5 rings (SSSR count). The van der Waals surface area contributed by atoms with E-state index in [9.17, 15) is 13.2 Å².